The van der Waals surface area contributed by atoms with Crippen LogP contribution in [0.3, 0.4) is 0 Å². The van der Waals surface area contributed by atoms with Gasteiger partial charge in [-0.1, -0.05) is 6.92 Å². The maximum atomic E-state index is 11.1. The summed E-state index contributed by atoms with van der Waals surface area (Å²) in [6.45, 7) is 2.84. The topological polar surface area (TPSA) is 84.5 Å². The van der Waals surface area contributed by atoms with E-state index in [2.05, 4.69) is 9.71 Å². The van der Waals surface area contributed by atoms with E-state index in [1.54, 1.807) is 0 Å². The Morgan fingerprint density at radius 3 is 2.75 bits per heavy atom. The SMILES string of the molecule is CCNCC1=C(N)C=NS1(=O)=O. The van der Waals surface area contributed by atoms with Gasteiger partial charge in [0, 0.05) is 6.54 Å². The maximum Gasteiger partial charge on any atom is 0.281 e. The van der Waals surface area contributed by atoms with Crippen LogP contribution >= 0.6 is 0 Å². The first-order chi connectivity index (χ1) is 5.58. The first-order valence-electron chi connectivity index (χ1n) is 3.57. The summed E-state index contributed by atoms with van der Waals surface area (Å²) in [6, 6.07) is 0. The van der Waals surface area contributed by atoms with Crippen molar-refractivity contribution >= 4 is 16.2 Å². The van der Waals surface area contributed by atoms with E-state index in [0.29, 0.717) is 6.54 Å². The molecule has 0 bridgehead atoms. The molecule has 5 nitrogen and oxygen atoms in total. The van der Waals surface area contributed by atoms with Gasteiger partial charge in [-0.05, 0) is 6.54 Å². The van der Waals surface area contributed by atoms with Crippen molar-refractivity contribution in [3.05, 3.63) is 10.6 Å². The first kappa shape index (κ1) is 9.21. The molecule has 1 aliphatic heterocycles. The van der Waals surface area contributed by atoms with Crippen LogP contribution in [0.4, 0.5) is 0 Å². The minimum absolute atomic E-state index is 0.171. The molecule has 1 rings (SSSR count). The number of likely N-dealkylation sites (N-methyl/N-ethyl adjacent to an activating group) is 1. The average molecular weight is 189 g/mol. The number of hydrogen-bond acceptors (Lipinski definition) is 4. The summed E-state index contributed by atoms with van der Waals surface area (Å²) in [7, 11) is -3.45. The molecule has 0 saturated carbocycles. The lowest BCUT2D eigenvalue weighted by molar-refractivity contribution is 0.602. The van der Waals surface area contributed by atoms with Gasteiger partial charge in [0.15, 0.2) is 0 Å². The molecule has 0 aromatic heterocycles. The second-order valence-electron chi connectivity index (χ2n) is 2.37. The van der Waals surface area contributed by atoms with E-state index in [0.717, 1.165) is 0 Å². The highest BCUT2D eigenvalue weighted by Gasteiger charge is 2.23. The Hall–Kier alpha value is -0.880. The quantitative estimate of drug-likeness (QED) is 0.607. The Labute approximate surface area is 71.4 Å². The Morgan fingerprint density at radius 1 is 1.67 bits per heavy atom. The molecule has 0 saturated heterocycles. The number of hydrogen-bond donors (Lipinski definition) is 2. The van der Waals surface area contributed by atoms with Crippen LogP contribution in [0.25, 0.3) is 0 Å². The Bertz CT molecular complexity index is 329. The molecule has 68 valence electrons. The van der Waals surface area contributed by atoms with Gasteiger partial charge in [-0.25, -0.2) is 0 Å². The second-order valence-corrected chi connectivity index (χ2v) is 4.02. The lowest BCUT2D eigenvalue weighted by atomic mass is 10.4. The predicted octanol–water partition coefficient (Wildman–Crippen LogP) is -0.820. The van der Waals surface area contributed by atoms with Crippen LogP contribution in [0.2, 0.25) is 0 Å². The smallest absolute Gasteiger partial charge is 0.281 e. The molecule has 0 fully saturated rings. The van der Waals surface area contributed by atoms with Gasteiger partial charge in [-0.15, -0.1) is 0 Å². The highest BCUT2D eigenvalue weighted by atomic mass is 32.2. The van der Waals surface area contributed by atoms with Crippen LogP contribution in [-0.4, -0.2) is 27.7 Å². The van der Waals surface area contributed by atoms with Crippen LogP contribution in [0.1, 0.15) is 6.92 Å². The molecular formula is C6H11N3O2S. The fourth-order valence-corrected chi connectivity index (χ4v) is 1.86. The third-order valence-electron chi connectivity index (χ3n) is 1.50. The summed E-state index contributed by atoms with van der Waals surface area (Å²) in [5.74, 6) is 0. The summed E-state index contributed by atoms with van der Waals surface area (Å²) >= 11 is 0. The normalized spacial score (nSPS) is 20.4. The standard InChI is InChI=1S/C6H11N3O2S/c1-2-8-4-6-5(7)3-9-12(6,10)11/h3,8H,2,4,7H2,1H3. The number of rotatable bonds is 3. The third kappa shape index (κ3) is 1.64. The predicted molar refractivity (Wildman–Crippen MR) is 47.2 cm³/mol. The first-order valence-corrected chi connectivity index (χ1v) is 5.01. The van der Waals surface area contributed by atoms with Crippen LogP contribution in [0, 0.1) is 0 Å². The summed E-state index contributed by atoms with van der Waals surface area (Å²) in [4.78, 5) is 0.171. The molecular weight excluding hydrogens is 178 g/mol. The molecule has 0 unspecified atom stereocenters. The van der Waals surface area contributed by atoms with Gasteiger partial charge in [-0.2, -0.15) is 12.8 Å². The average Bonchev–Trinajstić information content (AvgIpc) is 2.24. The fourth-order valence-electron chi connectivity index (χ4n) is 0.843. The van der Waals surface area contributed by atoms with Gasteiger partial charge in [0.1, 0.15) is 4.91 Å². The van der Waals surface area contributed by atoms with Crippen molar-refractivity contribution in [1.29, 1.82) is 0 Å². The van der Waals surface area contributed by atoms with E-state index in [4.69, 9.17) is 5.73 Å². The molecule has 0 aliphatic carbocycles. The van der Waals surface area contributed by atoms with E-state index in [9.17, 15) is 8.42 Å². The highest BCUT2D eigenvalue weighted by Crippen LogP contribution is 2.15. The van der Waals surface area contributed by atoms with Crippen molar-refractivity contribution in [1.82, 2.24) is 5.32 Å². The zero-order valence-corrected chi connectivity index (χ0v) is 7.56. The number of sulfonamides is 1. The molecule has 0 aromatic rings. The zero-order chi connectivity index (χ0) is 9.19. The van der Waals surface area contributed by atoms with Gasteiger partial charge < -0.3 is 11.1 Å². The molecule has 0 amide bonds. The molecule has 1 heterocycles. The number of allylic oxidation sites excluding steroid dienone is 1. The van der Waals surface area contributed by atoms with Crippen LogP contribution in [-0.2, 0) is 10.0 Å². The molecule has 0 spiro atoms. The highest BCUT2D eigenvalue weighted by molar-refractivity contribution is 7.94. The second kappa shape index (κ2) is 3.24. The summed E-state index contributed by atoms with van der Waals surface area (Å²) in [5, 5.41) is 2.88. The van der Waals surface area contributed by atoms with Crippen molar-refractivity contribution < 1.29 is 8.42 Å². The molecule has 0 radical (unpaired) electrons. The van der Waals surface area contributed by atoms with Crippen molar-refractivity contribution in [3.8, 4) is 0 Å². The van der Waals surface area contributed by atoms with Crippen LogP contribution < -0.4 is 11.1 Å². The lowest BCUT2D eigenvalue weighted by Crippen LogP contribution is -2.21. The molecule has 0 aromatic carbocycles. The molecule has 3 N–H and O–H groups in total. The maximum absolute atomic E-state index is 11.1. The van der Waals surface area contributed by atoms with E-state index >= 15 is 0 Å². The largest absolute Gasteiger partial charge is 0.397 e. The van der Waals surface area contributed by atoms with Crippen LogP contribution in [0.5, 0.6) is 0 Å². The number of nitrogens with zero attached hydrogens (tertiary/aromatic N) is 1. The lowest BCUT2D eigenvalue weighted by Gasteiger charge is -2.01. The van der Waals surface area contributed by atoms with Gasteiger partial charge in [0.25, 0.3) is 10.0 Å². The minimum atomic E-state index is -3.45. The van der Waals surface area contributed by atoms with Gasteiger partial charge >= 0.3 is 0 Å². The molecule has 0 atom stereocenters. The van der Waals surface area contributed by atoms with Crippen molar-refractivity contribution in [2.24, 2.45) is 10.1 Å². The Balaban J connectivity index is 2.83. The van der Waals surface area contributed by atoms with Crippen molar-refractivity contribution in [2.45, 2.75) is 6.92 Å². The summed E-state index contributed by atoms with van der Waals surface area (Å²) in [6.07, 6.45) is 1.17. The third-order valence-corrected chi connectivity index (χ3v) is 2.89. The van der Waals surface area contributed by atoms with Crippen molar-refractivity contribution in [2.75, 3.05) is 13.1 Å². The molecule has 6 heteroatoms. The fraction of sp³-hybridized carbons (Fsp3) is 0.500. The number of nitrogens with two attached hydrogens (primary N) is 1. The monoisotopic (exact) mass is 189 g/mol. The number of nitrogens with one attached hydrogen (secondary N) is 1. The van der Waals surface area contributed by atoms with E-state index in [-0.39, 0.29) is 17.1 Å². The molecule has 12 heavy (non-hydrogen) atoms. The summed E-state index contributed by atoms with van der Waals surface area (Å²) in [5.41, 5.74) is 5.64. The van der Waals surface area contributed by atoms with E-state index in [1.165, 1.54) is 6.21 Å². The zero-order valence-electron chi connectivity index (χ0n) is 6.74. The van der Waals surface area contributed by atoms with Gasteiger partial charge in [0.2, 0.25) is 0 Å². The van der Waals surface area contributed by atoms with E-state index < -0.39 is 10.0 Å². The van der Waals surface area contributed by atoms with Crippen LogP contribution in [0.15, 0.2) is 15.0 Å². The Kier molecular flexibility index (Phi) is 2.49. The van der Waals surface area contributed by atoms with Gasteiger partial charge in [-0.3, -0.25) is 0 Å². The molecule has 1 aliphatic rings. The Morgan fingerprint density at radius 2 is 2.33 bits per heavy atom. The minimum Gasteiger partial charge on any atom is -0.397 e. The van der Waals surface area contributed by atoms with E-state index in [1.807, 2.05) is 6.92 Å². The van der Waals surface area contributed by atoms with Crippen molar-refractivity contribution in [3.63, 3.8) is 0 Å². The summed E-state index contributed by atoms with van der Waals surface area (Å²) < 4.78 is 25.5. The van der Waals surface area contributed by atoms with Gasteiger partial charge in [0.05, 0.1) is 11.9 Å².